The van der Waals surface area contributed by atoms with Gasteiger partial charge in [-0.15, -0.1) is 21.5 Å². The van der Waals surface area contributed by atoms with Crippen LogP contribution in [0.2, 0.25) is 0 Å². The number of hydrogen-bond acceptors (Lipinski definition) is 8. The number of anilines is 2. The summed E-state index contributed by atoms with van der Waals surface area (Å²) in [5.74, 6) is 2.23. The van der Waals surface area contributed by atoms with E-state index in [1.807, 2.05) is 54.8 Å². The van der Waals surface area contributed by atoms with Gasteiger partial charge in [-0.25, -0.2) is 4.98 Å². The summed E-state index contributed by atoms with van der Waals surface area (Å²) in [5.41, 5.74) is 2.79. The molecule has 0 bridgehead atoms. The summed E-state index contributed by atoms with van der Waals surface area (Å²) in [7, 11) is 1.66. The summed E-state index contributed by atoms with van der Waals surface area (Å²) >= 11 is 3.15. The minimum Gasteiger partial charge on any atom is -0.494 e. The SMILES string of the molecule is COc1cccc2c(C)cc(-n3nc(C)cc3Nc3nnc(-c4cccs4)s3)nc12. The van der Waals surface area contributed by atoms with Crippen LogP contribution in [0, 0.1) is 13.8 Å². The van der Waals surface area contributed by atoms with Crippen LogP contribution in [-0.2, 0) is 0 Å². The molecule has 0 aliphatic heterocycles. The van der Waals surface area contributed by atoms with Crippen LogP contribution in [0.1, 0.15) is 11.3 Å². The van der Waals surface area contributed by atoms with E-state index >= 15 is 0 Å². The van der Waals surface area contributed by atoms with E-state index in [-0.39, 0.29) is 0 Å². The van der Waals surface area contributed by atoms with Crippen LogP contribution in [0.4, 0.5) is 10.9 Å². The Morgan fingerprint density at radius 1 is 1.07 bits per heavy atom. The number of thiophene rings is 1. The van der Waals surface area contributed by atoms with Crippen molar-refractivity contribution < 1.29 is 4.74 Å². The number of methoxy groups -OCH3 is 1. The van der Waals surface area contributed by atoms with Crippen LogP contribution < -0.4 is 10.1 Å². The van der Waals surface area contributed by atoms with Gasteiger partial charge in [0.05, 0.1) is 17.7 Å². The second-order valence-electron chi connectivity index (χ2n) is 6.75. The Morgan fingerprint density at radius 3 is 2.77 bits per heavy atom. The second-order valence-corrected chi connectivity index (χ2v) is 8.68. The fraction of sp³-hybridized carbons (Fsp3) is 0.143. The molecule has 150 valence electrons. The first kappa shape index (κ1) is 18.7. The molecule has 0 radical (unpaired) electrons. The molecule has 0 aliphatic rings. The Balaban J connectivity index is 1.55. The Hall–Kier alpha value is -3.30. The second kappa shape index (κ2) is 7.51. The molecule has 0 spiro atoms. The lowest BCUT2D eigenvalue weighted by Crippen LogP contribution is -2.06. The Bertz CT molecular complexity index is 1340. The highest BCUT2D eigenvalue weighted by atomic mass is 32.1. The third kappa shape index (κ3) is 3.31. The van der Waals surface area contributed by atoms with Gasteiger partial charge in [0.2, 0.25) is 5.13 Å². The highest BCUT2D eigenvalue weighted by molar-refractivity contribution is 7.22. The first-order valence-corrected chi connectivity index (χ1v) is 11.0. The van der Waals surface area contributed by atoms with E-state index in [0.717, 1.165) is 43.6 Å². The molecule has 5 aromatic rings. The number of ether oxygens (including phenoxy) is 1. The van der Waals surface area contributed by atoms with Crippen molar-refractivity contribution >= 4 is 44.5 Å². The fourth-order valence-electron chi connectivity index (χ4n) is 3.29. The molecule has 4 heterocycles. The molecular weight excluding hydrogens is 416 g/mol. The summed E-state index contributed by atoms with van der Waals surface area (Å²) < 4.78 is 7.31. The maximum Gasteiger partial charge on any atom is 0.211 e. The number of hydrogen-bond donors (Lipinski definition) is 1. The highest BCUT2D eigenvalue weighted by Crippen LogP contribution is 2.32. The van der Waals surface area contributed by atoms with Gasteiger partial charge in [0, 0.05) is 11.5 Å². The van der Waals surface area contributed by atoms with E-state index in [1.165, 1.54) is 11.3 Å². The van der Waals surface area contributed by atoms with Gasteiger partial charge in [0.1, 0.15) is 17.1 Å². The molecule has 0 atom stereocenters. The normalized spacial score (nSPS) is 11.2. The zero-order valence-electron chi connectivity index (χ0n) is 16.6. The molecule has 0 aliphatic carbocycles. The average Bonchev–Trinajstić information content (AvgIpc) is 3.49. The van der Waals surface area contributed by atoms with E-state index in [4.69, 9.17) is 9.72 Å². The van der Waals surface area contributed by atoms with Crippen molar-refractivity contribution in [2.24, 2.45) is 0 Å². The molecule has 0 saturated carbocycles. The minimum absolute atomic E-state index is 0.703. The number of nitrogens with one attached hydrogen (secondary N) is 1. The minimum atomic E-state index is 0.703. The van der Waals surface area contributed by atoms with Gasteiger partial charge in [-0.1, -0.05) is 29.5 Å². The zero-order chi connectivity index (χ0) is 20.7. The molecule has 0 amide bonds. The first-order chi connectivity index (χ1) is 14.6. The van der Waals surface area contributed by atoms with Crippen molar-refractivity contribution in [2.45, 2.75) is 13.8 Å². The summed E-state index contributed by atoms with van der Waals surface area (Å²) in [6.45, 7) is 4.02. The van der Waals surface area contributed by atoms with Crippen LogP contribution in [0.3, 0.4) is 0 Å². The number of benzene rings is 1. The number of aromatic nitrogens is 5. The Labute approximate surface area is 181 Å². The monoisotopic (exact) mass is 434 g/mol. The summed E-state index contributed by atoms with van der Waals surface area (Å²) in [6.07, 6.45) is 0. The van der Waals surface area contributed by atoms with Crippen molar-refractivity contribution in [3.8, 4) is 21.5 Å². The number of aryl methyl sites for hydroxylation is 2. The smallest absolute Gasteiger partial charge is 0.211 e. The van der Waals surface area contributed by atoms with Gasteiger partial charge in [-0.2, -0.15) is 9.78 Å². The molecule has 0 fully saturated rings. The van der Waals surface area contributed by atoms with Crippen molar-refractivity contribution in [3.05, 3.63) is 59.1 Å². The maximum atomic E-state index is 5.52. The number of para-hydroxylation sites is 1. The van der Waals surface area contributed by atoms with Gasteiger partial charge in [-0.05, 0) is 43.0 Å². The summed E-state index contributed by atoms with van der Waals surface area (Å²) in [5, 5.41) is 21.3. The lowest BCUT2D eigenvalue weighted by atomic mass is 10.1. The van der Waals surface area contributed by atoms with Crippen LogP contribution in [0.5, 0.6) is 5.75 Å². The van der Waals surface area contributed by atoms with E-state index in [2.05, 4.69) is 27.5 Å². The van der Waals surface area contributed by atoms with Crippen molar-refractivity contribution in [1.29, 1.82) is 0 Å². The highest BCUT2D eigenvalue weighted by Gasteiger charge is 2.15. The van der Waals surface area contributed by atoms with Gasteiger partial charge in [-0.3, -0.25) is 0 Å². The van der Waals surface area contributed by atoms with Gasteiger partial charge in [0.25, 0.3) is 0 Å². The molecule has 9 heteroatoms. The molecule has 1 aromatic carbocycles. The lowest BCUT2D eigenvalue weighted by Gasteiger charge is -2.11. The van der Waals surface area contributed by atoms with Crippen molar-refractivity contribution in [2.75, 3.05) is 12.4 Å². The van der Waals surface area contributed by atoms with E-state index in [0.29, 0.717) is 10.9 Å². The summed E-state index contributed by atoms with van der Waals surface area (Å²) in [4.78, 5) is 5.94. The molecule has 7 nitrogen and oxygen atoms in total. The van der Waals surface area contributed by atoms with Crippen LogP contribution in [-0.4, -0.2) is 32.1 Å². The maximum absolute atomic E-state index is 5.52. The van der Waals surface area contributed by atoms with Crippen LogP contribution in [0.25, 0.3) is 26.6 Å². The number of pyridine rings is 1. The molecule has 0 unspecified atom stereocenters. The largest absolute Gasteiger partial charge is 0.494 e. The molecular formula is C21H18N6OS2. The number of fused-ring (bicyclic) bond motifs is 1. The molecule has 4 aromatic heterocycles. The van der Waals surface area contributed by atoms with E-state index < -0.39 is 0 Å². The average molecular weight is 435 g/mol. The fourth-order valence-corrected chi connectivity index (χ4v) is 4.84. The zero-order valence-corrected chi connectivity index (χ0v) is 18.2. The van der Waals surface area contributed by atoms with Gasteiger partial charge in [0.15, 0.2) is 10.8 Å². The van der Waals surface area contributed by atoms with Crippen LogP contribution >= 0.6 is 22.7 Å². The van der Waals surface area contributed by atoms with Crippen molar-refractivity contribution in [1.82, 2.24) is 25.0 Å². The molecule has 1 N–H and O–H groups in total. The standard InChI is InChI=1S/C21H18N6OS2/c1-12-10-17(22-19-14(12)6-4-7-15(19)28-3)27-18(11-13(2)26-27)23-21-25-24-20(30-21)16-8-5-9-29-16/h4-11H,1-3H3,(H,23,25). The predicted octanol–water partition coefficient (Wildman–Crippen LogP) is 5.37. The number of rotatable bonds is 5. The predicted molar refractivity (Wildman–Crippen MR) is 121 cm³/mol. The summed E-state index contributed by atoms with van der Waals surface area (Å²) in [6, 6.07) is 14.0. The third-order valence-electron chi connectivity index (χ3n) is 4.66. The molecule has 5 rings (SSSR count). The molecule has 30 heavy (non-hydrogen) atoms. The molecule has 0 saturated heterocycles. The lowest BCUT2D eigenvalue weighted by molar-refractivity contribution is 0.419. The number of nitrogens with zero attached hydrogens (tertiary/aromatic N) is 5. The first-order valence-electron chi connectivity index (χ1n) is 9.28. The Morgan fingerprint density at radius 2 is 1.97 bits per heavy atom. The van der Waals surface area contributed by atoms with Gasteiger partial charge < -0.3 is 10.1 Å². The van der Waals surface area contributed by atoms with E-state index in [9.17, 15) is 0 Å². The third-order valence-corrected chi connectivity index (χ3v) is 6.53. The quantitative estimate of drug-likeness (QED) is 0.401. The van der Waals surface area contributed by atoms with Gasteiger partial charge >= 0.3 is 0 Å². The van der Waals surface area contributed by atoms with Crippen LogP contribution in [0.15, 0.2) is 47.8 Å². The van der Waals surface area contributed by atoms with Crippen molar-refractivity contribution in [3.63, 3.8) is 0 Å². The topological polar surface area (TPSA) is 77.8 Å². The Kier molecular flexibility index (Phi) is 4.68. The van der Waals surface area contributed by atoms with E-state index in [1.54, 1.807) is 23.1 Å².